The van der Waals surface area contributed by atoms with E-state index in [2.05, 4.69) is 20.5 Å². The van der Waals surface area contributed by atoms with Crippen LogP contribution in [-0.2, 0) is 0 Å². The van der Waals surface area contributed by atoms with Gasteiger partial charge in [0.05, 0.1) is 10.7 Å². The van der Waals surface area contributed by atoms with Crippen LogP contribution in [0.1, 0.15) is 0 Å². The van der Waals surface area contributed by atoms with Crippen LogP contribution in [0.25, 0.3) is 0 Å². The predicted molar refractivity (Wildman–Crippen MR) is 64.5 cm³/mol. The molecule has 0 bridgehead atoms. The standard InChI is InChI=1S/C9H4Cl3FN4/c10-5-2-1-4(13)3-6(5)14-8-7(11)16-17-9(12)15-8/h1-3H,(H,14,15,17). The monoisotopic (exact) mass is 292 g/mol. The Balaban J connectivity index is 2.37. The zero-order valence-corrected chi connectivity index (χ0v) is 10.4. The highest BCUT2D eigenvalue weighted by atomic mass is 35.5. The van der Waals surface area contributed by atoms with Gasteiger partial charge in [-0.05, 0) is 29.8 Å². The Morgan fingerprint density at radius 3 is 2.65 bits per heavy atom. The van der Waals surface area contributed by atoms with Gasteiger partial charge in [-0.1, -0.05) is 23.2 Å². The second-order valence-electron chi connectivity index (χ2n) is 2.97. The molecular formula is C9H4Cl3FN4. The molecule has 4 nitrogen and oxygen atoms in total. The molecule has 0 spiro atoms. The summed E-state index contributed by atoms with van der Waals surface area (Å²) in [5.74, 6) is -0.291. The fourth-order valence-electron chi connectivity index (χ4n) is 1.09. The fraction of sp³-hybridized carbons (Fsp3) is 0. The first-order valence-corrected chi connectivity index (χ1v) is 5.47. The topological polar surface area (TPSA) is 50.7 Å². The van der Waals surface area contributed by atoms with E-state index < -0.39 is 5.82 Å². The van der Waals surface area contributed by atoms with E-state index in [-0.39, 0.29) is 16.3 Å². The molecule has 0 saturated carbocycles. The summed E-state index contributed by atoms with van der Waals surface area (Å²) in [7, 11) is 0. The number of hydrogen-bond acceptors (Lipinski definition) is 4. The largest absolute Gasteiger partial charge is 0.336 e. The highest BCUT2D eigenvalue weighted by Gasteiger charge is 2.09. The van der Waals surface area contributed by atoms with E-state index in [1.165, 1.54) is 18.2 Å². The van der Waals surface area contributed by atoms with E-state index in [1.807, 2.05) is 0 Å². The van der Waals surface area contributed by atoms with Crippen LogP contribution in [0.15, 0.2) is 18.2 Å². The zero-order valence-electron chi connectivity index (χ0n) is 8.09. The van der Waals surface area contributed by atoms with E-state index in [9.17, 15) is 4.39 Å². The lowest BCUT2D eigenvalue weighted by molar-refractivity contribution is 0.628. The van der Waals surface area contributed by atoms with Gasteiger partial charge in [0.25, 0.3) is 0 Å². The minimum atomic E-state index is -0.443. The molecule has 2 rings (SSSR count). The fourth-order valence-corrected chi connectivity index (χ4v) is 1.51. The minimum absolute atomic E-state index is 0.00901. The molecule has 0 aliphatic rings. The van der Waals surface area contributed by atoms with Crippen LogP contribution in [0.5, 0.6) is 0 Å². The van der Waals surface area contributed by atoms with Crippen LogP contribution >= 0.6 is 34.8 Å². The summed E-state index contributed by atoms with van der Waals surface area (Å²) < 4.78 is 13.0. The number of rotatable bonds is 2. The SMILES string of the molecule is Fc1ccc(Cl)c(Nc2nc(Cl)nnc2Cl)c1. The number of benzene rings is 1. The van der Waals surface area contributed by atoms with Crippen LogP contribution in [0.2, 0.25) is 15.5 Å². The van der Waals surface area contributed by atoms with E-state index in [0.29, 0.717) is 10.7 Å². The van der Waals surface area contributed by atoms with E-state index in [0.717, 1.165) is 0 Å². The van der Waals surface area contributed by atoms with Crippen molar-refractivity contribution in [3.8, 4) is 0 Å². The first kappa shape index (κ1) is 12.3. The highest BCUT2D eigenvalue weighted by Crippen LogP contribution is 2.28. The molecule has 0 radical (unpaired) electrons. The normalized spacial score (nSPS) is 10.4. The Labute approximate surface area is 111 Å². The van der Waals surface area contributed by atoms with Crippen molar-refractivity contribution in [2.24, 2.45) is 0 Å². The maximum Gasteiger partial charge on any atom is 0.245 e. The van der Waals surface area contributed by atoms with Gasteiger partial charge in [-0.3, -0.25) is 0 Å². The summed E-state index contributed by atoms with van der Waals surface area (Å²) >= 11 is 17.2. The molecule has 1 N–H and O–H groups in total. The van der Waals surface area contributed by atoms with Crippen molar-refractivity contribution in [3.63, 3.8) is 0 Å². The Morgan fingerprint density at radius 1 is 1.12 bits per heavy atom. The molecule has 0 aliphatic carbocycles. The van der Waals surface area contributed by atoms with Crippen LogP contribution in [0.4, 0.5) is 15.9 Å². The van der Waals surface area contributed by atoms with Gasteiger partial charge in [0.2, 0.25) is 5.28 Å². The third-order valence-corrected chi connectivity index (χ3v) is 2.55. The van der Waals surface area contributed by atoms with Crippen LogP contribution in [0.3, 0.4) is 0 Å². The molecule has 0 atom stereocenters. The van der Waals surface area contributed by atoms with Crippen molar-refractivity contribution in [2.75, 3.05) is 5.32 Å². The molecule has 1 heterocycles. The molecule has 0 saturated heterocycles. The Bertz CT molecular complexity index is 514. The van der Waals surface area contributed by atoms with Gasteiger partial charge < -0.3 is 5.32 Å². The van der Waals surface area contributed by atoms with E-state index in [1.54, 1.807) is 0 Å². The van der Waals surface area contributed by atoms with Gasteiger partial charge >= 0.3 is 0 Å². The number of nitrogens with one attached hydrogen (secondary N) is 1. The molecule has 1 aromatic carbocycles. The Kier molecular flexibility index (Phi) is 3.61. The second kappa shape index (κ2) is 5.00. The van der Waals surface area contributed by atoms with Crippen molar-refractivity contribution < 1.29 is 4.39 Å². The van der Waals surface area contributed by atoms with Crippen LogP contribution < -0.4 is 5.32 Å². The first-order valence-electron chi connectivity index (χ1n) is 4.34. The summed E-state index contributed by atoms with van der Waals surface area (Å²) in [6.45, 7) is 0. The van der Waals surface area contributed by atoms with Crippen LogP contribution in [-0.4, -0.2) is 15.2 Å². The van der Waals surface area contributed by atoms with Crippen molar-refractivity contribution >= 4 is 46.3 Å². The third-order valence-electron chi connectivity index (χ3n) is 1.80. The lowest BCUT2D eigenvalue weighted by Gasteiger charge is -2.08. The van der Waals surface area contributed by atoms with Crippen molar-refractivity contribution in [1.82, 2.24) is 15.2 Å². The summed E-state index contributed by atoms with van der Waals surface area (Å²) in [6.07, 6.45) is 0. The molecule has 17 heavy (non-hydrogen) atoms. The Morgan fingerprint density at radius 2 is 1.88 bits per heavy atom. The third kappa shape index (κ3) is 2.94. The molecular weight excluding hydrogens is 289 g/mol. The second-order valence-corrected chi connectivity index (χ2v) is 4.07. The summed E-state index contributed by atoms with van der Waals surface area (Å²) in [5.41, 5.74) is 0.310. The first-order chi connectivity index (χ1) is 8.06. The molecule has 2 aromatic rings. The maximum absolute atomic E-state index is 13.0. The maximum atomic E-state index is 13.0. The van der Waals surface area contributed by atoms with Crippen molar-refractivity contribution in [3.05, 3.63) is 39.5 Å². The van der Waals surface area contributed by atoms with Gasteiger partial charge in [0.1, 0.15) is 5.82 Å². The molecule has 0 amide bonds. The summed E-state index contributed by atoms with van der Waals surface area (Å²) in [5, 5.41) is 9.96. The zero-order chi connectivity index (χ0) is 12.4. The van der Waals surface area contributed by atoms with E-state index in [4.69, 9.17) is 34.8 Å². The average molecular weight is 294 g/mol. The lowest BCUT2D eigenvalue weighted by Crippen LogP contribution is -1.99. The van der Waals surface area contributed by atoms with Gasteiger partial charge in [-0.2, -0.15) is 4.98 Å². The predicted octanol–water partition coefficient (Wildman–Crippen LogP) is 3.71. The van der Waals surface area contributed by atoms with Crippen molar-refractivity contribution in [1.29, 1.82) is 0 Å². The number of halogens is 4. The van der Waals surface area contributed by atoms with Crippen molar-refractivity contribution in [2.45, 2.75) is 0 Å². The number of hydrogen-bond donors (Lipinski definition) is 1. The smallest absolute Gasteiger partial charge is 0.245 e. The quantitative estimate of drug-likeness (QED) is 0.917. The minimum Gasteiger partial charge on any atom is -0.336 e. The average Bonchev–Trinajstić information content (AvgIpc) is 2.28. The summed E-state index contributed by atoms with van der Waals surface area (Å²) in [4.78, 5) is 3.81. The highest BCUT2D eigenvalue weighted by molar-refractivity contribution is 6.34. The van der Waals surface area contributed by atoms with Gasteiger partial charge in [-0.25, -0.2) is 4.39 Å². The lowest BCUT2D eigenvalue weighted by atomic mass is 10.3. The number of aromatic nitrogens is 3. The number of anilines is 2. The molecule has 0 unspecified atom stereocenters. The number of nitrogens with zero attached hydrogens (tertiary/aromatic N) is 3. The molecule has 8 heteroatoms. The molecule has 88 valence electrons. The van der Waals surface area contributed by atoms with Gasteiger partial charge in [-0.15, -0.1) is 10.2 Å². The molecule has 1 aromatic heterocycles. The Hall–Kier alpha value is -1.17. The van der Waals surface area contributed by atoms with E-state index >= 15 is 0 Å². The molecule has 0 aliphatic heterocycles. The van der Waals surface area contributed by atoms with Gasteiger partial charge in [0.15, 0.2) is 11.0 Å². The van der Waals surface area contributed by atoms with Crippen LogP contribution in [0, 0.1) is 5.82 Å². The summed E-state index contributed by atoms with van der Waals surface area (Å²) in [6, 6.07) is 3.85. The van der Waals surface area contributed by atoms with Gasteiger partial charge in [0, 0.05) is 0 Å². The molecule has 0 fully saturated rings.